The van der Waals surface area contributed by atoms with Crippen molar-refractivity contribution >= 4 is 40.4 Å². The van der Waals surface area contributed by atoms with Crippen molar-refractivity contribution < 1.29 is 38.2 Å². The van der Waals surface area contributed by atoms with E-state index in [4.69, 9.17) is 35.4 Å². The molecule has 234 valence electrons. The zero-order chi connectivity index (χ0) is 31.9. The second-order valence-electron chi connectivity index (χ2n) is 11.6. The molecule has 0 bridgehead atoms. The summed E-state index contributed by atoms with van der Waals surface area (Å²) >= 11 is 6.48. The number of fused-ring (bicyclic) bond motifs is 4. The molecular weight excluding hydrogens is 590 g/mol. The highest BCUT2D eigenvalue weighted by Gasteiger charge is 2.46. The van der Waals surface area contributed by atoms with Crippen LogP contribution in [0.25, 0.3) is 10.9 Å². The van der Waals surface area contributed by atoms with E-state index in [0.717, 1.165) is 11.1 Å². The number of nitrogens with one attached hydrogen (secondary N) is 1. The lowest BCUT2D eigenvalue weighted by Crippen LogP contribution is -2.41. The molecule has 0 radical (unpaired) electrons. The van der Waals surface area contributed by atoms with Crippen LogP contribution in [0.15, 0.2) is 48.2 Å². The van der Waals surface area contributed by atoms with Gasteiger partial charge in [0.1, 0.15) is 17.4 Å². The third kappa shape index (κ3) is 5.57. The number of amides is 3. The van der Waals surface area contributed by atoms with Crippen LogP contribution in [0.4, 0.5) is 4.79 Å². The number of aromatic nitrogens is 1. The number of benzene rings is 2. The summed E-state index contributed by atoms with van der Waals surface area (Å²) in [6, 6.07) is 11.1. The molecule has 1 fully saturated rings. The molecule has 3 amide bonds. The van der Waals surface area contributed by atoms with Crippen LogP contribution in [-0.2, 0) is 14.4 Å². The Hall–Kier alpha value is -4.22. The van der Waals surface area contributed by atoms with Crippen molar-refractivity contribution in [3.05, 3.63) is 65.0 Å². The number of likely N-dealkylation sites (tertiary alicyclic amines) is 1. The first kappa shape index (κ1) is 31.2. The van der Waals surface area contributed by atoms with Crippen LogP contribution in [0.2, 0.25) is 0 Å². The number of rotatable bonds is 7. The van der Waals surface area contributed by atoms with Crippen LogP contribution in [0.1, 0.15) is 61.3 Å². The van der Waals surface area contributed by atoms with Crippen LogP contribution < -0.4 is 14.2 Å². The number of halogens is 1. The number of ether oxygens (including phenoxy) is 4. The van der Waals surface area contributed by atoms with Gasteiger partial charge in [0.2, 0.25) is 5.75 Å². The predicted molar refractivity (Wildman–Crippen MR) is 163 cm³/mol. The van der Waals surface area contributed by atoms with Crippen molar-refractivity contribution in [2.75, 3.05) is 33.8 Å². The molecule has 1 N–H and O–H groups in total. The van der Waals surface area contributed by atoms with Gasteiger partial charge in [-0.25, -0.2) is 9.63 Å². The molecular formula is C32H36ClN3O8. The number of allylic oxidation sites excluding steroid dienone is 1. The maximum Gasteiger partial charge on any atom is 0.442 e. The smallest absolute Gasteiger partial charge is 0.442 e. The Morgan fingerprint density at radius 2 is 1.70 bits per heavy atom. The van der Waals surface area contributed by atoms with E-state index in [-0.39, 0.29) is 17.7 Å². The molecule has 2 aliphatic rings. The molecule has 2 unspecified atom stereocenters. The molecule has 3 aromatic rings. The van der Waals surface area contributed by atoms with Gasteiger partial charge in [-0.2, -0.15) is 0 Å². The summed E-state index contributed by atoms with van der Waals surface area (Å²) in [6.45, 7) is 6.67. The van der Waals surface area contributed by atoms with E-state index in [9.17, 15) is 14.4 Å². The lowest BCUT2D eigenvalue weighted by atomic mass is 9.79. The van der Waals surface area contributed by atoms with E-state index < -0.39 is 23.7 Å². The van der Waals surface area contributed by atoms with Crippen LogP contribution in [0, 0.1) is 5.92 Å². The first-order valence-corrected chi connectivity index (χ1v) is 14.7. The molecule has 3 atom stereocenters. The molecule has 1 aromatic heterocycles. The van der Waals surface area contributed by atoms with Gasteiger partial charge in [0, 0.05) is 42.3 Å². The molecule has 2 aromatic carbocycles. The first-order valence-electron chi connectivity index (χ1n) is 14.1. The van der Waals surface area contributed by atoms with E-state index in [1.54, 1.807) is 43.9 Å². The second-order valence-corrected chi connectivity index (χ2v) is 11.9. The predicted octanol–water partition coefficient (Wildman–Crippen LogP) is 5.94. The largest absolute Gasteiger partial charge is 0.493 e. The van der Waals surface area contributed by atoms with E-state index in [1.807, 2.05) is 24.3 Å². The molecule has 1 saturated heterocycles. The molecule has 2 heterocycles. The Kier molecular flexibility index (Phi) is 8.55. The summed E-state index contributed by atoms with van der Waals surface area (Å²) in [5, 5.41) is 1.32. The van der Waals surface area contributed by atoms with Crippen molar-refractivity contribution in [2.45, 2.75) is 45.3 Å². The number of methoxy groups -OCH3 is 3. The topological polar surface area (TPSA) is 120 Å². The Balaban J connectivity index is 1.56. The Labute approximate surface area is 260 Å². The molecule has 12 heteroatoms. The monoisotopic (exact) mass is 625 g/mol. The first-order chi connectivity index (χ1) is 20.9. The van der Waals surface area contributed by atoms with Gasteiger partial charge < -0.3 is 28.8 Å². The minimum absolute atomic E-state index is 0.0946. The molecule has 44 heavy (non-hydrogen) atoms. The number of nitrogens with zero attached hydrogens (tertiary/aromatic N) is 2. The number of alkyl halides is 1. The summed E-state index contributed by atoms with van der Waals surface area (Å²) in [5.41, 5.74) is 2.38. The Morgan fingerprint density at radius 1 is 1.02 bits per heavy atom. The minimum atomic E-state index is -0.932. The third-order valence-corrected chi connectivity index (χ3v) is 8.03. The summed E-state index contributed by atoms with van der Waals surface area (Å²) < 4.78 is 22.0. The second kappa shape index (κ2) is 12.0. The molecule has 11 nitrogen and oxygen atoms in total. The number of hydrogen-bond donors (Lipinski definition) is 1. The number of imide groups is 1. The summed E-state index contributed by atoms with van der Waals surface area (Å²) in [6.07, 6.45) is -0.0268. The van der Waals surface area contributed by atoms with Gasteiger partial charge in [0.25, 0.3) is 11.8 Å². The molecule has 5 rings (SSSR count). The lowest BCUT2D eigenvalue weighted by Gasteiger charge is -2.33. The number of hydrogen-bond acceptors (Lipinski definition) is 8. The number of carbonyl (C=O) groups excluding carboxylic acids is 3. The van der Waals surface area contributed by atoms with Gasteiger partial charge in [-0.15, -0.1) is 16.7 Å². The minimum Gasteiger partial charge on any atom is -0.493 e. The number of carbonyl (C=O) groups is 3. The van der Waals surface area contributed by atoms with Gasteiger partial charge in [0.05, 0.1) is 26.8 Å². The molecule has 1 aliphatic heterocycles. The fourth-order valence-electron chi connectivity index (χ4n) is 5.85. The molecule has 0 spiro atoms. The van der Waals surface area contributed by atoms with Gasteiger partial charge in [-0.3, -0.25) is 9.59 Å². The zero-order valence-electron chi connectivity index (χ0n) is 25.7. The molecule has 0 saturated carbocycles. The normalized spacial score (nSPS) is 19.1. The highest BCUT2D eigenvalue weighted by Crippen LogP contribution is 2.50. The van der Waals surface area contributed by atoms with Crippen molar-refractivity contribution in [3.63, 3.8) is 0 Å². The van der Waals surface area contributed by atoms with Crippen LogP contribution in [0.3, 0.4) is 0 Å². The summed E-state index contributed by atoms with van der Waals surface area (Å²) in [7, 11) is 4.56. The van der Waals surface area contributed by atoms with Crippen molar-refractivity contribution in [2.24, 2.45) is 5.92 Å². The van der Waals surface area contributed by atoms with Gasteiger partial charge in [-0.05, 0) is 50.1 Å². The van der Waals surface area contributed by atoms with Gasteiger partial charge >= 0.3 is 6.09 Å². The SMILES string of the molecule is COc1cc2cc(C(=O)N3C[C@@H](CCl)C4C3=CC(ON(C(C)=O)C(=O)OC(C)(C)C)c3ccccc34)[nH]c2c(OC)c1OC. The number of hydroxylamine groups is 2. The fraction of sp³-hybridized carbons (Fsp3) is 0.406. The van der Waals surface area contributed by atoms with Crippen molar-refractivity contribution in [1.82, 2.24) is 14.9 Å². The zero-order valence-corrected chi connectivity index (χ0v) is 26.5. The maximum atomic E-state index is 14.2. The van der Waals surface area contributed by atoms with E-state index in [0.29, 0.717) is 57.0 Å². The van der Waals surface area contributed by atoms with Gasteiger partial charge in [0.15, 0.2) is 11.5 Å². The van der Waals surface area contributed by atoms with E-state index >= 15 is 0 Å². The standard InChI is InChI=1S/C32H36ClN3O8/c1-17(37)36(31(39)43-32(2,3)4)44-24-14-23-26(21-11-9-8-10-20(21)24)19(15-33)16-35(23)30(38)22-12-18-13-25(40-5)28(41-6)29(42-7)27(18)34-22/h8-14,19,24,26,34H,15-16H2,1-7H3/t19-,24?,26?/m1/s1. The lowest BCUT2D eigenvalue weighted by molar-refractivity contribution is -0.188. The summed E-state index contributed by atoms with van der Waals surface area (Å²) in [5.74, 6) is 0.333. The van der Waals surface area contributed by atoms with Crippen molar-refractivity contribution in [1.29, 1.82) is 0 Å². The molecule has 1 aliphatic carbocycles. The number of H-pyrrole nitrogens is 1. The van der Waals surface area contributed by atoms with E-state index in [2.05, 4.69) is 4.98 Å². The van der Waals surface area contributed by atoms with Crippen molar-refractivity contribution in [3.8, 4) is 17.2 Å². The third-order valence-electron chi connectivity index (χ3n) is 7.64. The highest BCUT2D eigenvalue weighted by molar-refractivity contribution is 6.18. The number of aromatic amines is 1. The van der Waals surface area contributed by atoms with Crippen LogP contribution >= 0.6 is 11.6 Å². The van der Waals surface area contributed by atoms with Crippen LogP contribution in [-0.4, -0.2) is 72.2 Å². The fourth-order valence-corrected chi connectivity index (χ4v) is 6.13. The Bertz CT molecular complexity index is 1640. The summed E-state index contributed by atoms with van der Waals surface area (Å²) in [4.78, 5) is 50.5. The van der Waals surface area contributed by atoms with Gasteiger partial charge in [-0.1, -0.05) is 24.3 Å². The average molecular weight is 626 g/mol. The van der Waals surface area contributed by atoms with E-state index in [1.165, 1.54) is 28.3 Å². The van der Waals surface area contributed by atoms with Crippen LogP contribution in [0.5, 0.6) is 17.2 Å². The Morgan fingerprint density at radius 3 is 2.30 bits per heavy atom. The maximum absolute atomic E-state index is 14.2. The quantitative estimate of drug-likeness (QED) is 0.253. The highest BCUT2D eigenvalue weighted by atomic mass is 35.5. The average Bonchev–Trinajstić information content (AvgIpc) is 3.58.